The van der Waals surface area contributed by atoms with E-state index in [2.05, 4.69) is 10.1 Å². The molecule has 1 aromatic rings. The van der Waals surface area contributed by atoms with Gasteiger partial charge in [-0.15, -0.1) is 0 Å². The molecule has 6 fully saturated rings. The van der Waals surface area contributed by atoms with E-state index in [0.29, 0.717) is 6.42 Å². The summed E-state index contributed by atoms with van der Waals surface area (Å²) in [4.78, 5) is 15.9. The average molecular weight is 507 g/mol. The molecule has 2 saturated heterocycles. The van der Waals surface area contributed by atoms with Crippen LogP contribution in [0.5, 0.6) is 0 Å². The first-order valence-corrected chi connectivity index (χ1v) is 12.4. The van der Waals surface area contributed by atoms with Crippen molar-refractivity contribution in [2.75, 3.05) is 0 Å². The fraction of sp³-hybridized carbons (Fsp3) is 0.760. The van der Waals surface area contributed by atoms with Crippen molar-refractivity contribution in [3.63, 3.8) is 0 Å². The SMILES string of the molecule is CC(C)[C@@]1(O)[C@@H](OC(=O)c2ccc[nH]2)[C@@]2(O)[C@@]3(C)C[C@]4(O)O[C@@]5(/C(=N/O)[C@@H](C)CC[C@]35O)[C@@]2(O)[C@@]14C. The fourth-order valence-electron chi connectivity index (χ4n) is 9.50. The largest absolute Gasteiger partial charge is 0.451 e. The lowest BCUT2D eigenvalue weighted by molar-refractivity contribution is -0.366. The van der Waals surface area contributed by atoms with Crippen molar-refractivity contribution in [1.29, 1.82) is 0 Å². The maximum absolute atomic E-state index is 13.2. The first-order valence-electron chi connectivity index (χ1n) is 12.4. The summed E-state index contributed by atoms with van der Waals surface area (Å²) in [5, 5.41) is 76.4. The lowest BCUT2D eigenvalue weighted by Crippen LogP contribution is -2.73. The minimum absolute atomic E-state index is 0.0396. The van der Waals surface area contributed by atoms with Gasteiger partial charge in [-0.2, -0.15) is 0 Å². The summed E-state index contributed by atoms with van der Waals surface area (Å²) in [6.45, 7) is 7.86. The van der Waals surface area contributed by atoms with E-state index in [-0.39, 0.29) is 24.2 Å². The molecule has 0 aromatic carbocycles. The van der Waals surface area contributed by atoms with E-state index in [1.165, 1.54) is 26.1 Å². The van der Waals surface area contributed by atoms with E-state index < -0.39 is 68.5 Å². The Morgan fingerprint density at radius 3 is 2.44 bits per heavy atom. The maximum atomic E-state index is 13.2. The Morgan fingerprint density at radius 1 is 1.22 bits per heavy atom. The molecule has 0 radical (unpaired) electrons. The highest BCUT2D eigenvalue weighted by Gasteiger charge is 3.10. The van der Waals surface area contributed by atoms with E-state index >= 15 is 0 Å². The highest BCUT2D eigenvalue weighted by molar-refractivity contribution is 6.01. The number of ether oxygens (including phenoxy) is 2. The number of esters is 1. The van der Waals surface area contributed by atoms with Crippen LogP contribution in [-0.2, 0) is 9.47 Å². The summed E-state index contributed by atoms with van der Waals surface area (Å²) < 4.78 is 12.1. The standard InChI is InChI=1S/C25H34N2O9/c1-12(2)22(31)17(35-16(28)14-7-6-10-26-14)23(32)18(4)11-21(30)19(22,5)25(23,33)24(36-21)15(27-34)13(3)8-9-20(18,24)29/h6-7,10,12-13,17,26,29-34H,8-9,11H2,1-5H3/b27-15+/t13-,17+,18-,19+,20-,21-,22+,23+,24+,25+/m0/s1. The van der Waals surface area contributed by atoms with Crippen molar-refractivity contribution in [2.45, 2.75) is 93.8 Å². The van der Waals surface area contributed by atoms with Crippen molar-refractivity contribution in [3.05, 3.63) is 24.0 Å². The van der Waals surface area contributed by atoms with Crippen LogP contribution in [0.4, 0.5) is 0 Å². The molecule has 1 spiro atoms. The van der Waals surface area contributed by atoms with Gasteiger partial charge in [-0.25, -0.2) is 4.79 Å². The van der Waals surface area contributed by atoms with Crippen molar-refractivity contribution >= 4 is 11.7 Å². The van der Waals surface area contributed by atoms with Crippen molar-refractivity contribution in [1.82, 2.24) is 4.98 Å². The Labute approximate surface area is 207 Å². The Balaban J connectivity index is 1.71. The fourth-order valence-corrected chi connectivity index (χ4v) is 9.50. The Kier molecular flexibility index (Phi) is 4.16. The summed E-state index contributed by atoms with van der Waals surface area (Å²) >= 11 is 0. The predicted molar refractivity (Wildman–Crippen MR) is 122 cm³/mol. The van der Waals surface area contributed by atoms with Crippen LogP contribution < -0.4 is 0 Å². The summed E-state index contributed by atoms with van der Waals surface area (Å²) in [7, 11) is 0. The summed E-state index contributed by atoms with van der Waals surface area (Å²) in [5.41, 5.74) is -15.6. The van der Waals surface area contributed by atoms with Crippen LogP contribution in [0.1, 0.15) is 64.4 Å². The molecule has 10 atom stereocenters. The molecule has 11 heteroatoms. The zero-order valence-electron chi connectivity index (χ0n) is 20.9. The summed E-state index contributed by atoms with van der Waals surface area (Å²) in [6.07, 6.45) is -0.260. The number of H-pyrrole nitrogens is 1. The second-order valence-electron chi connectivity index (χ2n) is 12.3. The van der Waals surface area contributed by atoms with Gasteiger partial charge >= 0.3 is 5.97 Å². The van der Waals surface area contributed by atoms with E-state index in [9.17, 15) is 35.5 Å². The van der Waals surface area contributed by atoms with Crippen LogP contribution in [0.25, 0.3) is 0 Å². The molecule has 6 bridgehead atoms. The molecule has 11 nitrogen and oxygen atoms in total. The number of hydrogen-bond donors (Lipinski definition) is 7. The van der Waals surface area contributed by atoms with Crippen molar-refractivity contribution < 1.29 is 45.0 Å². The third-order valence-corrected chi connectivity index (χ3v) is 11.2. The quantitative estimate of drug-likeness (QED) is 0.172. The third kappa shape index (κ3) is 1.74. The molecule has 0 unspecified atom stereocenters. The second-order valence-corrected chi connectivity index (χ2v) is 12.3. The van der Waals surface area contributed by atoms with Crippen molar-refractivity contribution in [3.8, 4) is 0 Å². The zero-order valence-corrected chi connectivity index (χ0v) is 20.9. The number of carbonyl (C=O) groups is 1. The number of oxime groups is 1. The second kappa shape index (κ2) is 6.16. The Hall–Kier alpha value is -2.02. The van der Waals surface area contributed by atoms with Gasteiger partial charge < -0.3 is 45.2 Å². The molecule has 198 valence electrons. The number of aromatic amines is 1. The Morgan fingerprint density at radius 2 is 1.89 bits per heavy atom. The molecule has 1 aromatic heterocycles. The van der Waals surface area contributed by atoms with Crippen molar-refractivity contribution in [2.24, 2.45) is 27.8 Å². The van der Waals surface area contributed by atoms with Gasteiger partial charge in [0, 0.05) is 24.0 Å². The molecule has 7 rings (SSSR count). The molecular formula is C25H34N2O9. The maximum Gasteiger partial charge on any atom is 0.355 e. The van der Waals surface area contributed by atoms with Gasteiger partial charge in [-0.1, -0.05) is 32.9 Å². The van der Waals surface area contributed by atoms with Gasteiger partial charge in [0.15, 0.2) is 17.5 Å². The Bertz CT molecular complexity index is 1200. The highest BCUT2D eigenvalue weighted by Crippen LogP contribution is 2.90. The monoisotopic (exact) mass is 506 g/mol. The molecule has 0 amide bonds. The predicted octanol–water partition coefficient (Wildman–Crippen LogP) is 0.282. The van der Waals surface area contributed by atoms with Gasteiger partial charge in [0.05, 0.1) is 11.1 Å². The molecule has 4 aliphatic carbocycles. The first-order chi connectivity index (χ1) is 16.6. The molecular weight excluding hydrogens is 472 g/mol. The number of rotatable bonds is 3. The van der Waals surface area contributed by atoms with Crippen LogP contribution in [0, 0.1) is 22.7 Å². The topological polar surface area (TPSA) is 185 Å². The number of nitrogens with one attached hydrogen (secondary N) is 1. The van der Waals surface area contributed by atoms with Gasteiger partial charge in [-0.3, -0.25) is 0 Å². The molecule has 36 heavy (non-hydrogen) atoms. The van der Waals surface area contributed by atoms with Crippen LogP contribution in [0.15, 0.2) is 23.5 Å². The molecule has 6 aliphatic rings. The van der Waals surface area contributed by atoms with Gasteiger partial charge in [0.25, 0.3) is 0 Å². The van der Waals surface area contributed by atoms with Crippen LogP contribution in [0.2, 0.25) is 0 Å². The zero-order chi connectivity index (χ0) is 26.5. The van der Waals surface area contributed by atoms with Gasteiger partial charge in [-0.05, 0) is 37.8 Å². The molecule has 3 heterocycles. The van der Waals surface area contributed by atoms with E-state index in [1.807, 2.05) is 0 Å². The minimum Gasteiger partial charge on any atom is -0.451 e. The highest BCUT2D eigenvalue weighted by atomic mass is 16.7. The number of hydrogen-bond acceptors (Lipinski definition) is 10. The number of nitrogens with zero attached hydrogens (tertiary/aromatic N) is 1. The van der Waals surface area contributed by atoms with Gasteiger partial charge in [0.1, 0.15) is 28.1 Å². The number of aliphatic hydroxyl groups is 5. The van der Waals surface area contributed by atoms with E-state index in [0.717, 1.165) is 0 Å². The smallest absolute Gasteiger partial charge is 0.355 e. The lowest BCUT2D eigenvalue weighted by Gasteiger charge is -2.59. The molecule has 7 N–H and O–H groups in total. The lowest BCUT2D eigenvalue weighted by atomic mass is 9.52. The molecule has 2 aliphatic heterocycles. The van der Waals surface area contributed by atoms with E-state index in [4.69, 9.17) is 9.47 Å². The third-order valence-electron chi connectivity index (χ3n) is 11.2. The number of aromatic nitrogens is 1. The van der Waals surface area contributed by atoms with Gasteiger partial charge in [0.2, 0.25) is 0 Å². The van der Waals surface area contributed by atoms with Crippen LogP contribution in [-0.4, -0.2) is 87.3 Å². The minimum atomic E-state index is -2.63. The summed E-state index contributed by atoms with van der Waals surface area (Å²) in [6, 6.07) is 3.05. The average Bonchev–Trinajstić information content (AvgIpc) is 3.43. The van der Waals surface area contributed by atoms with E-state index in [1.54, 1.807) is 26.8 Å². The van der Waals surface area contributed by atoms with Crippen LogP contribution in [0.3, 0.4) is 0 Å². The summed E-state index contributed by atoms with van der Waals surface area (Å²) in [5.74, 6) is -4.45. The van der Waals surface area contributed by atoms with Crippen LogP contribution >= 0.6 is 0 Å². The first kappa shape index (κ1) is 24.3. The normalized spacial score (nSPS) is 57.6. The molecule has 4 saturated carbocycles. The number of carbonyl (C=O) groups excluding carboxylic acids is 1.